The second-order valence-corrected chi connectivity index (χ2v) is 16.1. The second kappa shape index (κ2) is 71.3. The van der Waals surface area contributed by atoms with Gasteiger partial charge in [0, 0.05) is 26.2 Å². The number of hydrogen-bond donors (Lipinski definition) is 1. The molecule has 0 aliphatic carbocycles. The lowest BCUT2D eigenvalue weighted by molar-refractivity contribution is -0.140. The zero-order valence-corrected chi connectivity index (χ0v) is 44.5. The Morgan fingerprint density at radius 1 is 0.403 bits per heavy atom. The van der Waals surface area contributed by atoms with Crippen molar-refractivity contribution in [1.29, 1.82) is 0 Å². The Hall–Kier alpha value is -1.34. The van der Waals surface area contributed by atoms with Gasteiger partial charge in [-0.05, 0) is 25.7 Å². The number of amides is 1. The lowest BCUT2D eigenvalue weighted by atomic mass is 10.0. The number of nitrogens with one attached hydrogen (secondary N) is 1. The fourth-order valence-corrected chi connectivity index (χ4v) is 7.09. The van der Waals surface area contributed by atoms with E-state index in [-0.39, 0.29) is 18.7 Å². The maximum atomic E-state index is 12.3. The van der Waals surface area contributed by atoms with E-state index in [0.717, 1.165) is 38.7 Å². The Labute approximate surface area is 391 Å². The third-order valence-corrected chi connectivity index (χ3v) is 10.8. The molecule has 0 saturated heterocycles. The van der Waals surface area contributed by atoms with Crippen LogP contribution in [0, 0.1) is 0 Å². The quantitative estimate of drug-likeness (QED) is 0.0484. The van der Waals surface area contributed by atoms with E-state index in [1.165, 1.54) is 200 Å². The van der Waals surface area contributed by atoms with Crippen molar-refractivity contribution in [3.63, 3.8) is 0 Å². The SMILES string of the molecule is CC.CC.CC.CC.CCCCCCCCCCCCCCCCCCOCC(COC(=O)NCCCCCC(=O)OC)OCCCCCCCCCCCCCCCCCC. The maximum absolute atomic E-state index is 12.3. The normalized spacial score (nSPS) is 10.8. The summed E-state index contributed by atoms with van der Waals surface area (Å²) in [6.07, 6.45) is 45.6. The molecule has 62 heavy (non-hydrogen) atoms. The van der Waals surface area contributed by atoms with Crippen LogP contribution in [0.1, 0.15) is 300 Å². The largest absolute Gasteiger partial charge is 0.469 e. The van der Waals surface area contributed by atoms with Crippen molar-refractivity contribution in [1.82, 2.24) is 5.32 Å². The first kappa shape index (κ1) is 69.7. The average Bonchev–Trinajstić information content (AvgIpc) is 3.32. The highest BCUT2D eigenvalue weighted by Crippen LogP contribution is 2.16. The summed E-state index contributed by atoms with van der Waals surface area (Å²) in [6.45, 7) is 23.2. The van der Waals surface area contributed by atoms with Gasteiger partial charge in [-0.3, -0.25) is 4.79 Å². The van der Waals surface area contributed by atoms with Crippen molar-refractivity contribution in [3.05, 3.63) is 0 Å². The molecule has 0 rings (SSSR count). The topological polar surface area (TPSA) is 83.1 Å². The van der Waals surface area contributed by atoms with Crippen LogP contribution in [0.25, 0.3) is 0 Å². The van der Waals surface area contributed by atoms with Crippen molar-refractivity contribution in [3.8, 4) is 0 Å². The molecule has 0 aromatic rings. The van der Waals surface area contributed by atoms with Gasteiger partial charge in [0.25, 0.3) is 0 Å². The van der Waals surface area contributed by atoms with Crippen LogP contribution < -0.4 is 5.32 Å². The van der Waals surface area contributed by atoms with Crippen LogP contribution in [0.5, 0.6) is 0 Å². The minimum atomic E-state index is -0.420. The fraction of sp³-hybridized carbons (Fsp3) is 0.964. The molecule has 0 aliphatic heterocycles. The summed E-state index contributed by atoms with van der Waals surface area (Å²) in [5.41, 5.74) is 0. The van der Waals surface area contributed by atoms with Crippen LogP contribution in [-0.2, 0) is 23.7 Å². The Bertz CT molecular complexity index is 751. The summed E-state index contributed by atoms with van der Waals surface area (Å²) in [7, 11) is 1.41. The van der Waals surface area contributed by atoms with Gasteiger partial charge in [0.1, 0.15) is 12.7 Å². The smallest absolute Gasteiger partial charge is 0.407 e. The zero-order chi connectivity index (χ0) is 47.3. The third-order valence-electron chi connectivity index (χ3n) is 10.8. The van der Waals surface area contributed by atoms with Crippen LogP contribution in [0.4, 0.5) is 4.79 Å². The van der Waals surface area contributed by atoms with Gasteiger partial charge in [0.2, 0.25) is 0 Å². The van der Waals surface area contributed by atoms with Crippen LogP contribution in [0.2, 0.25) is 0 Å². The minimum Gasteiger partial charge on any atom is -0.469 e. The summed E-state index contributed by atoms with van der Waals surface area (Å²) in [5.74, 6) is -0.190. The number of unbranched alkanes of at least 4 members (excludes halogenated alkanes) is 32. The van der Waals surface area contributed by atoms with Gasteiger partial charge in [-0.2, -0.15) is 0 Å². The van der Waals surface area contributed by atoms with Gasteiger partial charge in [-0.1, -0.05) is 268 Å². The summed E-state index contributed by atoms with van der Waals surface area (Å²) >= 11 is 0. The molecule has 0 aromatic heterocycles. The van der Waals surface area contributed by atoms with Crippen molar-refractivity contribution < 1.29 is 28.5 Å². The Morgan fingerprint density at radius 2 is 0.726 bits per heavy atom. The maximum Gasteiger partial charge on any atom is 0.407 e. The van der Waals surface area contributed by atoms with Crippen molar-refractivity contribution >= 4 is 12.1 Å². The van der Waals surface area contributed by atoms with E-state index >= 15 is 0 Å². The van der Waals surface area contributed by atoms with Gasteiger partial charge in [-0.25, -0.2) is 4.79 Å². The van der Waals surface area contributed by atoms with Gasteiger partial charge in [0.05, 0.1) is 13.7 Å². The molecule has 1 amide bonds. The molecule has 1 N–H and O–H groups in total. The molecule has 0 radical (unpaired) electrons. The molecule has 0 bridgehead atoms. The predicted octanol–water partition coefficient (Wildman–Crippen LogP) is 18.5. The fourth-order valence-electron chi connectivity index (χ4n) is 7.09. The Morgan fingerprint density at radius 3 is 1.08 bits per heavy atom. The van der Waals surface area contributed by atoms with E-state index in [1.807, 2.05) is 55.4 Å². The first-order valence-electron chi connectivity index (χ1n) is 27.8. The lowest BCUT2D eigenvalue weighted by Crippen LogP contribution is -2.32. The van der Waals surface area contributed by atoms with E-state index in [4.69, 9.17) is 14.2 Å². The molecule has 0 aliphatic rings. The first-order chi connectivity index (χ1) is 30.6. The molecule has 0 heterocycles. The minimum absolute atomic E-state index is 0.190. The molecule has 0 fully saturated rings. The van der Waals surface area contributed by atoms with E-state index in [1.54, 1.807) is 0 Å². The number of methoxy groups -OCH3 is 1. The highest BCUT2D eigenvalue weighted by Gasteiger charge is 2.13. The van der Waals surface area contributed by atoms with Crippen LogP contribution >= 0.6 is 0 Å². The molecule has 7 nitrogen and oxygen atoms in total. The summed E-state index contributed by atoms with van der Waals surface area (Å²) in [4.78, 5) is 23.5. The highest BCUT2D eigenvalue weighted by molar-refractivity contribution is 5.69. The van der Waals surface area contributed by atoms with Gasteiger partial charge < -0.3 is 24.3 Å². The van der Waals surface area contributed by atoms with E-state index in [2.05, 4.69) is 23.9 Å². The second-order valence-electron chi connectivity index (χ2n) is 16.1. The summed E-state index contributed by atoms with van der Waals surface area (Å²) < 4.78 is 22.4. The first-order valence-corrected chi connectivity index (χ1v) is 27.8. The number of alkyl carbamates (subject to hydrolysis) is 1. The Balaban J connectivity index is -0.00000127. The highest BCUT2D eigenvalue weighted by atomic mass is 16.6. The average molecular weight is 889 g/mol. The van der Waals surface area contributed by atoms with Crippen LogP contribution in [0.15, 0.2) is 0 Å². The lowest BCUT2D eigenvalue weighted by Gasteiger charge is -2.18. The summed E-state index contributed by atoms with van der Waals surface area (Å²) in [6, 6.07) is 0. The summed E-state index contributed by atoms with van der Waals surface area (Å²) in [5, 5.41) is 2.82. The van der Waals surface area contributed by atoms with E-state index in [9.17, 15) is 9.59 Å². The van der Waals surface area contributed by atoms with Crippen LogP contribution in [0.3, 0.4) is 0 Å². The van der Waals surface area contributed by atoms with Crippen LogP contribution in [-0.4, -0.2) is 58.2 Å². The van der Waals surface area contributed by atoms with E-state index < -0.39 is 6.09 Å². The number of hydrogen-bond acceptors (Lipinski definition) is 6. The number of rotatable bonds is 45. The number of ether oxygens (including phenoxy) is 4. The third kappa shape index (κ3) is 67.7. The molecular weight excluding hydrogens is 771 g/mol. The van der Waals surface area contributed by atoms with E-state index in [0.29, 0.717) is 26.2 Å². The van der Waals surface area contributed by atoms with Gasteiger partial charge in [-0.15, -0.1) is 0 Å². The number of carbonyl (C=O) groups is 2. The molecule has 7 heteroatoms. The van der Waals surface area contributed by atoms with Crippen molar-refractivity contribution in [2.45, 2.75) is 306 Å². The molecular formula is C55H117NO6. The monoisotopic (exact) mass is 888 g/mol. The number of esters is 1. The molecule has 0 aromatic carbocycles. The number of carbonyl (C=O) groups excluding carboxylic acids is 2. The molecule has 0 spiro atoms. The van der Waals surface area contributed by atoms with Crippen molar-refractivity contribution in [2.24, 2.45) is 0 Å². The zero-order valence-electron chi connectivity index (χ0n) is 44.5. The Kier molecular flexibility index (Phi) is 80.1. The standard InChI is InChI=1S/C47H93NO6.4C2H6/c1-4-6-8-10-12-14-16-18-20-22-24-26-28-30-32-37-41-52-43-45(44-54-47(50)48-40-36-34-35-39-46(49)51-3)53-42-38-33-31-29-27-25-23-21-19-17-15-13-11-9-7-5-2;4*1-2/h45H,4-44H2,1-3H3,(H,48,50);4*1-2H3. The molecule has 0 saturated carbocycles. The van der Waals surface area contributed by atoms with Crippen molar-refractivity contribution in [2.75, 3.05) is 40.1 Å². The van der Waals surface area contributed by atoms with Gasteiger partial charge in [0.15, 0.2) is 0 Å². The van der Waals surface area contributed by atoms with Gasteiger partial charge >= 0.3 is 12.1 Å². The molecule has 378 valence electrons. The molecule has 1 atom stereocenters. The predicted molar refractivity (Wildman–Crippen MR) is 275 cm³/mol. The molecule has 1 unspecified atom stereocenters.